The van der Waals surface area contributed by atoms with Crippen LogP contribution >= 0.6 is 0 Å². The van der Waals surface area contributed by atoms with Gasteiger partial charge in [0.15, 0.2) is 0 Å². The second kappa shape index (κ2) is 4.81. The Labute approximate surface area is 83.1 Å². The monoisotopic (exact) mass is 198 g/mol. The highest BCUT2D eigenvalue weighted by Crippen LogP contribution is 2.25. The van der Waals surface area contributed by atoms with E-state index in [4.69, 9.17) is 10.5 Å². The molecule has 1 rings (SSSR count). The maximum Gasteiger partial charge on any atom is 0.144 e. The van der Waals surface area contributed by atoms with Gasteiger partial charge in [-0.3, -0.25) is 0 Å². The van der Waals surface area contributed by atoms with Crippen molar-refractivity contribution in [1.29, 1.82) is 0 Å². The fourth-order valence-electron chi connectivity index (χ4n) is 1.11. The summed E-state index contributed by atoms with van der Waals surface area (Å²) in [6, 6.07) is 4.49. The summed E-state index contributed by atoms with van der Waals surface area (Å²) in [4.78, 5) is 0. The molecule has 0 bridgehead atoms. The first kappa shape index (κ1) is 10.8. The molecule has 0 saturated heterocycles. The second-order valence-corrected chi connectivity index (χ2v) is 3.13. The van der Waals surface area contributed by atoms with Crippen molar-refractivity contribution in [2.45, 2.75) is 13.0 Å². The summed E-state index contributed by atoms with van der Waals surface area (Å²) in [7, 11) is 1.51. The van der Waals surface area contributed by atoms with Crippen molar-refractivity contribution >= 4 is 5.69 Å². The van der Waals surface area contributed by atoms with Crippen LogP contribution in [-0.2, 0) is 0 Å². The summed E-state index contributed by atoms with van der Waals surface area (Å²) in [5, 5.41) is 3.12. The van der Waals surface area contributed by atoms with Crippen LogP contribution in [0.5, 0.6) is 5.75 Å². The Morgan fingerprint density at radius 1 is 1.57 bits per heavy atom. The third kappa shape index (κ3) is 2.60. The lowest BCUT2D eigenvalue weighted by atomic mass is 10.2. The molecule has 1 atom stereocenters. The summed E-state index contributed by atoms with van der Waals surface area (Å²) < 4.78 is 17.8. The van der Waals surface area contributed by atoms with Crippen LogP contribution in [0.1, 0.15) is 6.92 Å². The number of rotatable bonds is 4. The molecule has 1 aromatic rings. The number of methoxy groups -OCH3 is 1. The number of nitrogens with two attached hydrogens (primary N) is 1. The lowest BCUT2D eigenvalue weighted by Crippen LogP contribution is -2.25. The van der Waals surface area contributed by atoms with E-state index in [1.165, 1.54) is 19.2 Å². The molecule has 0 radical (unpaired) electrons. The molecule has 0 fully saturated rings. The van der Waals surface area contributed by atoms with Crippen LogP contribution in [0.15, 0.2) is 18.2 Å². The van der Waals surface area contributed by atoms with Crippen molar-refractivity contribution in [3.05, 3.63) is 24.0 Å². The largest absolute Gasteiger partial charge is 0.494 e. The van der Waals surface area contributed by atoms with Crippen LogP contribution in [0.25, 0.3) is 0 Å². The third-order valence-corrected chi connectivity index (χ3v) is 1.92. The van der Waals surface area contributed by atoms with Gasteiger partial charge in [0.1, 0.15) is 11.6 Å². The van der Waals surface area contributed by atoms with Gasteiger partial charge in [0.2, 0.25) is 0 Å². The van der Waals surface area contributed by atoms with Gasteiger partial charge in [-0.2, -0.15) is 0 Å². The molecule has 3 N–H and O–H groups in total. The highest BCUT2D eigenvalue weighted by Gasteiger charge is 2.06. The van der Waals surface area contributed by atoms with Gasteiger partial charge in [-0.25, -0.2) is 4.39 Å². The molecular weight excluding hydrogens is 183 g/mol. The maximum absolute atomic E-state index is 12.8. The maximum atomic E-state index is 12.8. The summed E-state index contributed by atoms with van der Waals surface area (Å²) in [6.07, 6.45) is 0. The van der Waals surface area contributed by atoms with Crippen molar-refractivity contribution in [1.82, 2.24) is 0 Å². The first-order chi connectivity index (χ1) is 6.67. The first-order valence-corrected chi connectivity index (χ1v) is 4.47. The van der Waals surface area contributed by atoms with E-state index in [9.17, 15) is 4.39 Å². The van der Waals surface area contributed by atoms with Crippen molar-refractivity contribution in [2.24, 2.45) is 5.73 Å². The Balaban J connectivity index is 2.85. The van der Waals surface area contributed by atoms with Crippen LogP contribution in [0.2, 0.25) is 0 Å². The lowest BCUT2D eigenvalue weighted by Gasteiger charge is -2.15. The Morgan fingerprint density at radius 2 is 2.29 bits per heavy atom. The Bertz CT molecular complexity index is 304. The summed E-state index contributed by atoms with van der Waals surface area (Å²) in [5.41, 5.74) is 6.22. The van der Waals surface area contributed by atoms with E-state index in [-0.39, 0.29) is 11.9 Å². The molecule has 0 aliphatic rings. The van der Waals surface area contributed by atoms with Gasteiger partial charge in [0, 0.05) is 18.7 Å². The molecule has 1 unspecified atom stereocenters. The summed E-state index contributed by atoms with van der Waals surface area (Å²) in [6.45, 7) is 2.46. The van der Waals surface area contributed by atoms with Gasteiger partial charge >= 0.3 is 0 Å². The average Bonchev–Trinajstić information content (AvgIpc) is 2.20. The fourth-order valence-corrected chi connectivity index (χ4v) is 1.11. The van der Waals surface area contributed by atoms with Gasteiger partial charge in [-0.15, -0.1) is 0 Å². The molecule has 0 amide bonds. The number of nitrogens with one attached hydrogen (secondary N) is 1. The van der Waals surface area contributed by atoms with Crippen LogP contribution < -0.4 is 15.8 Å². The van der Waals surface area contributed by atoms with Crippen LogP contribution in [0.3, 0.4) is 0 Å². The lowest BCUT2D eigenvalue weighted by molar-refractivity contribution is 0.412. The Hall–Kier alpha value is -1.29. The van der Waals surface area contributed by atoms with Crippen LogP contribution in [0, 0.1) is 5.82 Å². The van der Waals surface area contributed by atoms with Gasteiger partial charge in [0.25, 0.3) is 0 Å². The number of halogens is 1. The molecule has 0 spiro atoms. The standard InChI is InChI=1S/C10H15FN2O/c1-7(6-12)13-9-4-3-8(11)5-10(9)14-2/h3-5,7,13H,6,12H2,1-2H3. The van der Waals surface area contributed by atoms with Crippen molar-refractivity contribution in [2.75, 3.05) is 19.0 Å². The molecule has 0 aromatic heterocycles. The number of ether oxygens (including phenoxy) is 1. The van der Waals surface area contributed by atoms with Gasteiger partial charge in [-0.05, 0) is 19.1 Å². The van der Waals surface area contributed by atoms with Gasteiger partial charge in [-0.1, -0.05) is 0 Å². The third-order valence-electron chi connectivity index (χ3n) is 1.92. The second-order valence-electron chi connectivity index (χ2n) is 3.13. The topological polar surface area (TPSA) is 47.3 Å². The van der Waals surface area contributed by atoms with Crippen molar-refractivity contribution in [3.63, 3.8) is 0 Å². The van der Waals surface area contributed by atoms with E-state index in [1.54, 1.807) is 6.07 Å². The highest BCUT2D eigenvalue weighted by molar-refractivity contribution is 5.56. The zero-order valence-corrected chi connectivity index (χ0v) is 8.38. The Morgan fingerprint density at radius 3 is 2.86 bits per heavy atom. The predicted molar refractivity (Wildman–Crippen MR) is 55.1 cm³/mol. The number of hydrogen-bond acceptors (Lipinski definition) is 3. The zero-order chi connectivity index (χ0) is 10.6. The molecule has 0 saturated carbocycles. The molecular formula is C10H15FN2O. The number of hydrogen-bond donors (Lipinski definition) is 2. The molecule has 4 heteroatoms. The van der Waals surface area contributed by atoms with E-state index >= 15 is 0 Å². The molecule has 0 aliphatic heterocycles. The summed E-state index contributed by atoms with van der Waals surface area (Å²) in [5.74, 6) is 0.179. The smallest absolute Gasteiger partial charge is 0.144 e. The van der Waals surface area contributed by atoms with E-state index in [0.29, 0.717) is 12.3 Å². The molecule has 3 nitrogen and oxygen atoms in total. The van der Waals surface area contributed by atoms with E-state index in [0.717, 1.165) is 5.69 Å². The fraction of sp³-hybridized carbons (Fsp3) is 0.400. The molecule has 78 valence electrons. The number of anilines is 1. The summed E-state index contributed by atoms with van der Waals surface area (Å²) >= 11 is 0. The molecule has 14 heavy (non-hydrogen) atoms. The SMILES string of the molecule is COc1cc(F)ccc1NC(C)CN. The van der Waals surface area contributed by atoms with E-state index in [2.05, 4.69) is 5.32 Å². The average molecular weight is 198 g/mol. The minimum absolute atomic E-state index is 0.134. The molecule has 0 aliphatic carbocycles. The quantitative estimate of drug-likeness (QED) is 0.772. The first-order valence-electron chi connectivity index (χ1n) is 4.47. The zero-order valence-electron chi connectivity index (χ0n) is 8.38. The Kier molecular flexibility index (Phi) is 3.71. The van der Waals surface area contributed by atoms with Crippen LogP contribution in [-0.4, -0.2) is 19.7 Å². The van der Waals surface area contributed by atoms with E-state index < -0.39 is 0 Å². The van der Waals surface area contributed by atoms with Gasteiger partial charge < -0.3 is 15.8 Å². The minimum atomic E-state index is -0.312. The van der Waals surface area contributed by atoms with Crippen LogP contribution in [0.4, 0.5) is 10.1 Å². The molecule has 0 heterocycles. The van der Waals surface area contributed by atoms with E-state index in [1.807, 2.05) is 6.92 Å². The van der Waals surface area contributed by atoms with Crippen molar-refractivity contribution in [3.8, 4) is 5.75 Å². The number of benzene rings is 1. The minimum Gasteiger partial charge on any atom is -0.494 e. The molecule has 1 aromatic carbocycles. The normalized spacial score (nSPS) is 12.3. The predicted octanol–water partition coefficient (Wildman–Crippen LogP) is 1.59. The highest BCUT2D eigenvalue weighted by atomic mass is 19.1. The van der Waals surface area contributed by atoms with Gasteiger partial charge in [0.05, 0.1) is 12.8 Å². The van der Waals surface area contributed by atoms with Crippen molar-refractivity contribution < 1.29 is 9.13 Å².